The molecule has 3 unspecified atom stereocenters. The van der Waals surface area contributed by atoms with E-state index in [-0.39, 0.29) is 24.8 Å². The largest absolute Gasteiger partial charge is 0.391 e. The van der Waals surface area contributed by atoms with Crippen molar-refractivity contribution < 1.29 is 13.2 Å². The smallest absolute Gasteiger partial charge is 0.327 e. The van der Waals surface area contributed by atoms with E-state index in [4.69, 9.17) is 5.73 Å². The molecule has 0 aromatic carbocycles. The minimum Gasteiger partial charge on any atom is -0.327 e. The van der Waals surface area contributed by atoms with Crippen LogP contribution in [0.3, 0.4) is 0 Å². The monoisotopic (exact) mass is 272 g/mol. The standard InChI is InChI=1S/C14H19F3N2/c15-14(16,17)12-3-1-2-11(9-12)13(18)8-10-4-6-19-7-5-10/h4-7,11-13H,1-3,8-9,18H2. The number of nitrogens with two attached hydrogens (primary N) is 1. The number of aromatic nitrogens is 1. The number of hydrogen-bond donors (Lipinski definition) is 1. The van der Waals surface area contributed by atoms with E-state index in [1.807, 2.05) is 12.1 Å². The lowest BCUT2D eigenvalue weighted by Crippen LogP contribution is -2.38. The van der Waals surface area contributed by atoms with E-state index in [9.17, 15) is 13.2 Å². The van der Waals surface area contributed by atoms with Crippen molar-refractivity contribution >= 4 is 0 Å². The lowest BCUT2D eigenvalue weighted by molar-refractivity contribution is -0.186. The zero-order chi connectivity index (χ0) is 13.9. The maximum absolute atomic E-state index is 12.8. The summed E-state index contributed by atoms with van der Waals surface area (Å²) >= 11 is 0. The van der Waals surface area contributed by atoms with Crippen LogP contribution in [0.1, 0.15) is 31.2 Å². The normalized spacial score (nSPS) is 26.1. The Morgan fingerprint density at radius 3 is 2.58 bits per heavy atom. The number of hydrogen-bond acceptors (Lipinski definition) is 2. The molecule has 1 fully saturated rings. The van der Waals surface area contributed by atoms with E-state index in [1.165, 1.54) is 0 Å². The minimum absolute atomic E-state index is 0.0338. The Labute approximate surface area is 111 Å². The molecule has 1 heterocycles. The van der Waals surface area contributed by atoms with Crippen molar-refractivity contribution in [3.05, 3.63) is 30.1 Å². The SMILES string of the molecule is NC(Cc1ccncc1)C1CCCC(C(F)(F)F)C1. The molecule has 0 saturated heterocycles. The average molecular weight is 272 g/mol. The molecular formula is C14H19F3N2. The zero-order valence-electron chi connectivity index (χ0n) is 10.7. The van der Waals surface area contributed by atoms with Crippen LogP contribution in [0.15, 0.2) is 24.5 Å². The van der Waals surface area contributed by atoms with Gasteiger partial charge in [0, 0.05) is 18.4 Å². The van der Waals surface area contributed by atoms with Gasteiger partial charge in [0.05, 0.1) is 5.92 Å². The lowest BCUT2D eigenvalue weighted by atomic mass is 9.76. The second kappa shape index (κ2) is 5.90. The third-order valence-electron chi connectivity index (χ3n) is 4.00. The van der Waals surface area contributed by atoms with E-state index in [2.05, 4.69) is 4.98 Å². The highest BCUT2D eigenvalue weighted by Gasteiger charge is 2.43. The van der Waals surface area contributed by atoms with Crippen LogP contribution in [0.25, 0.3) is 0 Å². The third-order valence-corrected chi connectivity index (χ3v) is 4.00. The first-order valence-corrected chi connectivity index (χ1v) is 6.68. The first-order chi connectivity index (χ1) is 8.97. The van der Waals surface area contributed by atoms with E-state index in [0.717, 1.165) is 12.0 Å². The van der Waals surface area contributed by atoms with E-state index >= 15 is 0 Å². The van der Waals surface area contributed by atoms with Gasteiger partial charge in [-0.1, -0.05) is 6.42 Å². The van der Waals surface area contributed by atoms with E-state index in [1.54, 1.807) is 12.4 Å². The highest BCUT2D eigenvalue weighted by molar-refractivity contribution is 5.11. The molecule has 0 radical (unpaired) electrons. The fourth-order valence-electron chi connectivity index (χ4n) is 2.87. The molecule has 0 amide bonds. The Hall–Kier alpha value is -1.10. The quantitative estimate of drug-likeness (QED) is 0.916. The van der Waals surface area contributed by atoms with Crippen LogP contribution in [0.4, 0.5) is 13.2 Å². The Bertz CT molecular complexity index is 391. The van der Waals surface area contributed by atoms with Crippen LogP contribution in [0.5, 0.6) is 0 Å². The molecule has 1 aliphatic carbocycles. The molecule has 2 rings (SSSR count). The Morgan fingerprint density at radius 2 is 1.95 bits per heavy atom. The predicted molar refractivity (Wildman–Crippen MR) is 67.4 cm³/mol. The molecule has 5 heteroatoms. The van der Waals surface area contributed by atoms with E-state index < -0.39 is 12.1 Å². The first kappa shape index (κ1) is 14.3. The molecule has 1 aliphatic rings. The van der Waals surface area contributed by atoms with Crippen molar-refractivity contribution in [2.24, 2.45) is 17.6 Å². The number of alkyl halides is 3. The van der Waals surface area contributed by atoms with Gasteiger partial charge >= 0.3 is 6.18 Å². The van der Waals surface area contributed by atoms with Crippen LogP contribution < -0.4 is 5.73 Å². The van der Waals surface area contributed by atoms with Gasteiger partial charge in [-0.3, -0.25) is 4.98 Å². The summed E-state index contributed by atoms with van der Waals surface area (Å²) in [5.41, 5.74) is 7.14. The van der Waals surface area contributed by atoms with Crippen LogP contribution in [0, 0.1) is 11.8 Å². The Morgan fingerprint density at radius 1 is 1.26 bits per heavy atom. The zero-order valence-corrected chi connectivity index (χ0v) is 10.7. The summed E-state index contributed by atoms with van der Waals surface area (Å²) in [6.45, 7) is 0. The van der Waals surface area contributed by atoms with Crippen LogP contribution >= 0.6 is 0 Å². The Balaban J connectivity index is 1.94. The fraction of sp³-hybridized carbons (Fsp3) is 0.643. The molecule has 2 nitrogen and oxygen atoms in total. The number of rotatable bonds is 3. The summed E-state index contributed by atoms with van der Waals surface area (Å²) in [6, 6.07) is 3.53. The third kappa shape index (κ3) is 3.93. The molecule has 1 saturated carbocycles. The highest BCUT2D eigenvalue weighted by Crippen LogP contribution is 2.40. The van der Waals surface area contributed by atoms with Crippen molar-refractivity contribution in [1.82, 2.24) is 4.98 Å². The van der Waals surface area contributed by atoms with E-state index in [0.29, 0.717) is 12.8 Å². The topological polar surface area (TPSA) is 38.9 Å². The van der Waals surface area contributed by atoms with Crippen LogP contribution in [-0.4, -0.2) is 17.2 Å². The summed E-state index contributed by atoms with van der Waals surface area (Å²) in [5.74, 6) is -1.21. The summed E-state index contributed by atoms with van der Waals surface area (Å²) in [6.07, 6.45) is 1.77. The van der Waals surface area contributed by atoms with Crippen molar-refractivity contribution in [2.45, 2.75) is 44.3 Å². The summed E-state index contributed by atoms with van der Waals surface area (Å²) in [7, 11) is 0. The fourth-order valence-corrected chi connectivity index (χ4v) is 2.87. The van der Waals surface area contributed by atoms with Crippen molar-refractivity contribution in [3.63, 3.8) is 0 Å². The molecule has 0 aliphatic heterocycles. The second-order valence-corrected chi connectivity index (χ2v) is 5.39. The number of nitrogens with zero attached hydrogens (tertiary/aromatic N) is 1. The molecule has 1 aromatic rings. The molecule has 19 heavy (non-hydrogen) atoms. The number of halogens is 3. The average Bonchev–Trinajstić information content (AvgIpc) is 2.39. The van der Waals surface area contributed by atoms with Crippen LogP contribution in [-0.2, 0) is 6.42 Å². The maximum Gasteiger partial charge on any atom is 0.391 e. The highest BCUT2D eigenvalue weighted by atomic mass is 19.4. The molecule has 0 bridgehead atoms. The van der Waals surface area contributed by atoms with Gasteiger partial charge in [0.15, 0.2) is 0 Å². The first-order valence-electron chi connectivity index (χ1n) is 6.68. The number of pyridine rings is 1. The van der Waals surface area contributed by atoms with Gasteiger partial charge in [-0.25, -0.2) is 0 Å². The summed E-state index contributed by atoms with van der Waals surface area (Å²) in [4.78, 5) is 3.92. The van der Waals surface area contributed by atoms with Gasteiger partial charge in [-0.05, 0) is 49.3 Å². The summed E-state index contributed by atoms with van der Waals surface area (Å²) < 4.78 is 38.3. The molecule has 2 N–H and O–H groups in total. The van der Waals surface area contributed by atoms with Crippen LogP contribution in [0.2, 0.25) is 0 Å². The predicted octanol–water partition coefficient (Wildman–Crippen LogP) is 3.32. The minimum atomic E-state index is -4.07. The molecule has 3 atom stereocenters. The van der Waals surface area contributed by atoms with Gasteiger partial charge in [0.25, 0.3) is 0 Å². The Kier molecular flexibility index (Phi) is 4.45. The van der Waals surface area contributed by atoms with Gasteiger partial charge in [0.1, 0.15) is 0 Å². The molecule has 0 spiro atoms. The lowest BCUT2D eigenvalue weighted by Gasteiger charge is -2.33. The molecular weight excluding hydrogens is 253 g/mol. The van der Waals surface area contributed by atoms with Gasteiger partial charge < -0.3 is 5.73 Å². The van der Waals surface area contributed by atoms with Gasteiger partial charge in [-0.15, -0.1) is 0 Å². The molecule has 106 valence electrons. The maximum atomic E-state index is 12.8. The van der Waals surface area contributed by atoms with Crippen molar-refractivity contribution in [3.8, 4) is 0 Å². The molecule has 1 aromatic heterocycles. The summed E-state index contributed by atoms with van der Waals surface area (Å²) in [5, 5.41) is 0. The van der Waals surface area contributed by atoms with Gasteiger partial charge in [-0.2, -0.15) is 13.2 Å². The van der Waals surface area contributed by atoms with Crippen molar-refractivity contribution in [2.75, 3.05) is 0 Å². The van der Waals surface area contributed by atoms with Gasteiger partial charge in [0.2, 0.25) is 0 Å². The van der Waals surface area contributed by atoms with Crippen molar-refractivity contribution in [1.29, 1.82) is 0 Å². The second-order valence-electron chi connectivity index (χ2n) is 5.39.